The fraction of sp³-hybridized carbons (Fsp3) is 0.696. The normalized spacial score (nSPS) is 36.6. The van der Waals surface area contributed by atoms with Gasteiger partial charge >= 0.3 is 5.97 Å². The number of allylic oxidation sites excluding steroid dienone is 1. The first-order chi connectivity index (χ1) is 13.0. The van der Waals surface area contributed by atoms with Crippen molar-refractivity contribution in [1.82, 2.24) is 5.32 Å². The number of hydrogen-bond acceptors (Lipinski definition) is 4. The first-order valence-corrected chi connectivity index (χ1v) is 10.6. The fourth-order valence-electron chi connectivity index (χ4n) is 5.53. The van der Waals surface area contributed by atoms with Crippen LogP contribution < -0.4 is 5.32 Å². The van der Waals surface area contributed by atoms with Crippen LogP contribution in [-0.2, 0) is 16.0 Å². The van der Waals surface area contributed by atoms with Crippen LogP contribution in [0, 0.1) is 23.2 Å². The van der Waals surface area contributed by atoms with Crippen LogP contribution in [0.1, 0.15) is 58.6 Å². The Labute approximate surface area is 162 Å². The zero-order valence-corrected chi connectivity index (χ0v) is 16.9. The van der Waals surface area contributed by atoms with E-state index in [4.69, 9.17) is 9.15 Å². The second-order valence-corrected chi connectivity index (χ2v) is 9.27. The lowest BCUT2D eigenvalue weighted by molar-refractivity contribution is -0.145. The Morgan fingerprint density at radius 1 is 1.41 bits per heavy atom. The van der Waals surface area contributed by atoms with Gasteiger partial charge in [0.25, 0.3) is 0 Å². The number of nitrogens with one attached hydrogen (secondary N) is 1. The van der Waals surface area contributed by atoms with Crippen molar-refractivity contribution in [2.75, 3.05) is 6.54 Å². The van der Waals surface area contributed by atoms with Crippen molar-refractivity contribution >= 4 is 5.97 Å². The molecule has 0 unspecified atom stereocenters. The molecule has 2 fully saturated rings. The fourth-order valence-corrected chi connectivity index (χ4v) is 5.53. The topological polar surface area (TPSA) is 51.5 Å². The summed E-state index contributed by atoms with van der Waals surface area (Å²) < 4.78 is 11.2. The first-order valence-electron chi connectivity index (χ1n) is 10.6. The van der Waals surface area contributed by atoms with E-state index in [0.717, 1.165) is 25.0 Å². The van der Waals surface area contributed by atoms with Crippen LogP contribution in [-0.4, -0.2) is 24.7 Å². The van der Waals surface area contributed by atoms with E-state index in [2.05, 4.69) is 32.2 Å². The van der Waals surface area contributed by atoms with Gasteiger partial charge in [0.2, 0.25) is 0 Å². The minimum atomic E-state index is -0.0489. The van der Waals surface area contributed by atoms with E-state index in [1.54, 1.807) is 11.8 Å². The smallest absolute Gasteiger partial charge is 0.311 e. The van der Waals surface area contributed by atoms with Crippen LogP contribution in [0.5, 0.6) is 0 Å². The number of aryl methyl sites for hydroxylation is 1. The van der Waals surface area contributed by atoms with Gasteiger partial charge < -0.3 is 14.5 Å². The molecule has 27 heavy (non-hydrogen) atoms. The molecular weight excluding hydrogens is 338 g/mol. The molecule has 0 amide bonds. The second kappa shape index (κ2) is 7.46. The molecule has 6 atom stereocenters. The summed E-state index contributed by atoms with van der Waals surface area (Å²) in [6, 6.07) is 4.29. The highest BCUT2D eigenvalue weighted by atomic mass is 16.6. The molecule has 1 saturated heterocycles. The van der Waals surface area contributed by atoms with Crippen LogP contribution in [0.4, 0.5) is 0 Å². The molecule has 0 spiro atoms. The highest BCUT2D eigenvalue weighted by molar-refractivity contribution is 5.76. The molecule has 1 aromatic rings. The molecule has 4 heteroatoms. The Morgan fingerprint density at radius 2 is 2.26 bits per heavy atom. The third-order valence-electron chi connectivity index (χ3n) is 7.17. The van der Waals surface area contributed by atoms with E-state index >= 15 is 0 Å². The zero-order valence-electron chi connectivity index (χ0n) is 16.9. The maximum absolute atomic E-state index is 12.6. The van der Waals surface area contributed by atoms with Gasteiger partial charge in [-0.2, -0.15) is 0 Å². The number of esters is 1. The summed E-state index contributed by atoms with van der Waals surface area (Å²) in [7, 11) is 0. The van der Waals surface area contributed by atoms with Crippen molar-refractivity contribution in [3.05, 3.63) is 35.8 Å². The zero-order chi connectivity index (χ0) is 19.0. The van der Waals surface area contributed by atoms with Crippen LogP contribution in [0.25, 0.3) is 0 Å². The highest BCUT2D eigenvalue weighted by Crippen LogP contribution is 2.53. The van der Waals surface area contributed by atoms with Crippen molar-refractivity contribution in [2.24, 2.45) is 23.2 Å². The predicted octanol–water partition coefficient (Wildman–Crippen LogP) is 4.50. The SMILES string of the molecule is C[C@@H](CCc1ccco1)NC[C@H]1C(=O)O[C@@H]2C[C@@]3(C)CCC[C@H](C)C3=C[C@@H]21. The van der Waals surface area contributed by atoms with Gasteiger partial charge in [-0.25, -0.2) is 0 Å². The van der Waals surface area contributed by atoms with Crippen molar-refractivity contribution in [3.63, 3.8) is 0 Å². The van der Waals surface area contributed by atoms with Crippen molar-refractivity contribution < 1.29 is 13.9 Å². The molecular formula is C23H33NO3. The number of carbonyl (C=O) groups is 1. The van der Waals surface area contributed by atoms with Gasteiger partial charge in [-0.1, -0.05) is 31.9 Å². The minimum Gasteiger partial charge on any atom is -0.469 e. The molecule has 1 aliphatic heterocycles. The summed E-state index contributed by atoms with van der Waals surface area (Å²) in [6.45, 7) is 7.61. The Kier molecular flexibility index (Phi) is 5.19. The van der Waals surface area contributed by atoms with Gasteiger partial charge in [-0.05, 0) is 56.1 Å². The number of ether oxygens (including phenoxy) is 1. The Morgan fingerprint density at radius 3 is 3.04 bits per heavy atom. The van der Waals surface area contributed by atoms with E-state index < -0.39 is 0 Å². The first kappa shape index (κ1) is 18.8. The van der Waals surface area contributed by atoms with E-state index in [0.29, 0.717) is 18.5 Å². The Hall–Kier alpha value is -1.55. The van der Waals surface area contributed by atoms with Gasteiger partial charge in [-0.15, -0.1) is 0 Å². The molecule has 0 bridgehead atoms. The van der Waals surface area contributed by atoms with Crippen molar-refractivity contribution in [1.29, 1.82) is 0 Å². The molecule has 4 rings (SSSR count). The molecule has 148 valence electrons. The average molecular weight is 372 g/mol. The van der Waals surface area contributed by atoms with Gasteiger partial charge in [0.1, 0.15) is 11.9 Å². The monoisotopic (exact) mass is 371 g/mol. The van der Waals surface area contributed by atoms with E-state index in [-0.39, 0.29) is 29.3 Å². The molecule has 1 aromatic heterocycles. The van der Waals surface area contributed by atoms with Crippen LogP contribution >= 0.6 is 0 Å². The maximum atomic E-state index is 12.6. The summed E-state index contributed by atoms with van der Waals surface area (Å²) in [4.78, 5) is 12.6. The Bertz CT molecular complexity index is 694. The summed E-state index contributed by atoms with van der Waals surface area (Å²) >= 11 is 0. The molecule has 4 nitrogen and oxygen atoms in total. The average Bonchev–Trinajstić information content (AvgIpc) is 3.23. The van der Waals surface area contributed by atoms with Gasteiger partial charge in [-0.3, -0.25) is 4.79 Å². The minimum absolute atomic E-state index is 0.0116. The lowest BCUT2D eigenvalue weighted by Crippen LogP contribution is -2.41. The summed E-state index contributed by atoms with van der Waals surface area (Å²) in [5.41, 5.74) is 1.82. The maximum Gasteiger partial charge on any atom is 0.311 e. The molecule has 0 radical (unpaired) electrons. The molecule has 0 aromatic carbocycles. The summed E-state index contributed by atoms with van der Waals surface area (Å²) in [6.07, 6.45) is 10.9. The number of furan rings is 1. The molecule has 3 aliphatic rings. The van der Waals surface area contributed by atoms with Crippen molar-refractivity contribution in [3.8, 4) is 0 Å². The van der Waals surface area contributed by atoms with E-state index in [9.17, 15) is 4.79 Å². The highest BCUT2D eigenvalue weighted by Gasteiger charge is 2.51. The molecule has 1 saturated carbocycles. The van der Waals surface area contributed by atoms with Crippen LogP contribution in [0.2, 0.25) is 0 Å². The molecule has 2 aliphatic carbocycles. The standard InChI is InChI=1S/C23H33NO3/c1-15-6-4-10-23(3)13-21-18(12-20(15)23)19(22(25)27-21)14-24-16(2)8-9-17-7-5-11-26-17/h5,7,11-12,15-16,18-19,21,24H,4,6,8-10,13-14H2,1-3H3/t15-,16-,18+,19+,21+,23+/m0/s1. The number of hydrogen-bond donors (Lipinski definition) is 1. The van der Waals surface area contributed by atoms with Gasteiger partial charge in [0.15, 0.2) is 0 Å². The number of rotatable bonds is 6. The Balaban J connectivity index is 1.39. The molecule has 2 heterocycles. The predicted molar refractivity (Wildman–Crippen MR) is 105 cm³/mol. The molecule has 1 N–H and O–H groups in total. The van der Waals surface area contributed by atoms with Gasteiger partial charge in [0, 0.05) is 24.9 Å². The van der Waals surface area contributed by atoms with Crippen LogP contribution in [0.15, 0.2) is 34.5 Å². The summed E-state index contributed by atoms with van der Waals surface area (Å²) in [5, 5.41) is 3.57. The number of carbonyl (C=O) groups excluding carboxylic acids is 1. The van der Waals surface area contributed by atoms with E-state index in [1.165, 1.54) is 19.3 Å². The largest absolute Gasteiger partial charge is 0.469 e. The third-order valence-corrected chi connectivity index (χ3v) is 7.17. The summed E-state index contributed by atoms with van der Waals surface area (Å²) in [5.74, 6) is 1.84. The van der Waals surface area contributed by atoms with E-state index in [1.807, 2.05) is 12.1 Å². The van der Waals surface area contributed by atoms with Gasteiger partial charge in [0.05, 0.1) is 12.2 Å². The lowest BCUT2D eigenvalue weighted by atomic mass is 9.59. The number of fused-ring (bicyclic) bond motifs is 2. The van der Waals surface area contributed by atoms with Crippen LogP contribution in [0.3, 0.4) is 0 Å². The lowest BCUT2D eigenvalue weighted by Gasteiger charge is -2.46. The third kappa shape index (κ3) is 3.73. The quantitative estimate of drug-likeness (QED) is 0.591. The van der Waals surface area contributed by atoms with Crippen molar-refractivity contribution in [2.45, 2.75) is 71.4 Å². The second-order valence-electron chi connectivity index (χ2n) is 9.27.